The Hall–Kier alpha value is -4.24. The van der Waals surface area contributed by atoms with Gasteiger partial charge < -0.3 is 9.30 Å². The first kappa shape index (κ1) is 26.0. The lowest BCUT2D eigenvalue weighted by Gasteiger charge is -2.14. The van der Waals surface area contributed by atoms with Crippen molar-refractivity contribution in [2.75, 3.05) is 0 Å². The second kappa shape index (κ2) is 10.4. The molecule has 0 unspecified atom stereocenters. The van der Waals surface area contributed by atoms with E-state index in [9.17, 15) is 14.0 Å². The number of carbonyl (C=O) groups is 2. The molecule has 3 heterocycles. The van der Waals surface area contributed by atoms with Gasteiger partial charge in [-0.1, -0.05) is 24.3 Å². The van der Waals surface area contributed by atoms with E-state index in [-0.39, 0.29) is 35.7 Å². The van der Waals surface area contributed by atoms with Crippen LogP contribution in [0.25, 0.3) is 20.8 Å². The maximum Gasteiger partial charge on any atom is 0.166 e. The average Bonchev–Trinajstić information content (AvgIpc) is 3.42. The van der Waals surface area contributed by atoms with Gasteiger partial charge in [0.1, 0.15) is 11.6 Å². The molecule has 1 aliphatic rings. The van der Waals surface area contributed by atoms with Gasteiger partial charge in [-0.2, -0.15) is 0 Å². The van der Waals surface area contributed by atoms with Gasteiger partial charge in [-0.3, -0.25) is 14.6 Å². The Balaban J connectivity index is 1.17. The molecule has 0 saturated heterocycles. The maximum absolute atomic E-state index is 15.1. The first-order chi connectivity index (χ1) is 19.4. The van der Waals surface area contributed by atoms with Crippen molar-refractivity contribution in [2.45, 2.75) is 39.2 Å². The molecule has 9 heteroatoms. The lowest BCUT2D eigenvalue weighted by molar-refractivity contribution is -0.133. The van der Waals surface area contributed by atoms with Crippen molar-refractivity contribution in [3.05, 3.63) is 96.1 Å². The zero-order valence-electron chi connectivity index (χ0n) is 21.7. The Morgan fingerprint density at radius 3 is 2.50 bits per heavy atom. The Bertz CT molecular complexity index is 1760. The molecule has 40 heavy (non-hydrogen) atoms. The fourth-order valence-corrected chi connectivity index (χ4v) is 5.84. The number of imidazole rings is 1. The third-order valence-corrected chi connectivity index (χ3v) is 8.50. The molecule has 0 atom stereocenters. The number of aryl methyl sites for hydroxylation is 1. The number of ether oxygens (including phenoxy) is 1. The molecule has 3 aromatic heterocycles. The number of thiophene rings is 1. The smallest absolute Gasteiger partial charge is 0.166 e. The molecule has 2 aromatic carbocycles. The predicted molar refractivity (Wildman–Crippen MR) is 148 cm³/mol. The molecule has 202 valence electrons. The Morgan fingerprint density at radius 1 is 0.975 bits per heavy atom. The zero-order valence-corrected chi connectivity index (χ0v) is 22.5. The van der Waals surface area contributed by atoms with Crippen molar-refractivity contribution in [3.8, 4) is 22.1 Å². The van der Waals surface area contributed by atoms with E-state index < -0.39 is 17.0 Å². The maximum atomic E-state index is 15.1. The molecule has 0 radical (unpaired) electrons. The highest BCUT2D eigenvalue weighted by Crippen LogP contribution is 2.49. The number of halogens is 2. The normalized spacial score (nSPS) is 13.9. The minimum absolute atomic E-state index is 0.0191. The first-order valence-corrected chi connectivity index (χ1v) is 13.8. The molecule has 1 aliphatic carbocycles. The van der Waals surface area contributed by atoms with Crippen LogP contribution in [0.3, 0.4) is 0 Å². The van der Waals surface area contributed by atoms with Gasteiger partial charge in [0.2, 0.25) is 0 Å². The fourth-order valence-electron chi connectivity index (χ4n) is 4.81. The summed E-state index contributed by atoms with van der Waals surface area (Å²) in [5.41, 5.74) is 1.17. The van der Waals surface area contributed by atoms with Crippen molar-refractivity contribution in [3.63, 3.8) is 0 Å². The van der Waals surface area contributed by atoms with Crippen molar-refractivity contribution in [1.82, 2.24) is 14.5 Å². The van der Waals surface area contributed by atoms with Gasteiger partial charge in [-0.15, -0.1) is 11.3 Å². The van der Waals surface area contributed by atoms with Gasteiger partial charge in [-0.05, 0) is 55.2 Å². The van der Waals surface area contributed by atoms with Crippen LogP contribution in [0.4, 0.5) is 8.78 Å². The standard InChI is InChI=1S/C31H25F2N3O3S/c1-2-36-17-24(35-18-36)27-16-23-30(40-27)26(9-12-34-23)39-25-8-7-19(13-22(25)33)14-28(37)31(10-11-31)29(38)15-20-5-3-4-6-21(20)32/h3-9,12-13,16-18H,2,10-11,14-15H2,1H3. The van der Waals surface area contributed by atoms with Crippen LogP contribution >= 0.6 is 11.3 Å². The highest BCUT2D eigenvalue weighted by atomic mass is 32.1. The molecule has 0 aliphatic heterocycles. The van der Waals surface area contributed by atoms with Gasteiger partial charge in [0, 0.05) is 37.8 Å². The highest BCUT2D eigenvalue weighted by Gasteiger charge is 2.54. The third kappa shape index (κ3) is 4.93. The lowest BCUT2D eigenvalue weighted by atomic mass is 9.87. The van der Waals surface area contributed by atoms with Crippen molar-refractivity contribution >= 4 is 33.1 Å². The number of ketones is 2. The SMILES string of the molecule is CCn1cnc(-c2cc3nccc(Oc4ccc(CC(=O)C5(C(=O)Cc6ccccc6F)CC5)cc4F)c3s2)c1. The van der Waals surface area contributed by atoms with E-state index in [4.69, 9.17) is 4.74 Å². The summed E-state index contributed by atoms with van der Waals surface area (Å²) < 4.78 is 37.9. The van der Waals surface area contributed by atoms with Gasteiger partial charge in [0.25, 0.3) is 0 Å². The molecule has 0 spiro atoms. The number of fused-ring (bicyclic) bond motifs is 1. The number of pyridine rings is 1. The number of nitrogens with zero attached hydrogens (tertiary/aromatic N) is 3. The monoisotopic (exact) mass is 557 g/mol. The van der Waals surface area contributed by atoms with Gasteiger partial charge in [0.05, 0.1) is 32.5 Å². The van der Waals surface area contributed by atoms with Crippen LogP contribution in [0.15, 0.2) is 73.3 Å². The van der Waals surface area contributed by atoms with E-state index in [0.29, 0.717) is 24.2 Å². The highest BCUT2D eigenvalue weighted by molar-refractivity contribution is 7.22. The first-order valence-electron chi connectivity index (χ1n) is 13.0. The molecular formula is C31H25F2N3O3S. The van der Waals surface area contributed by atoms with Crippen LogP contribution in [-0.2, 0) is 29.0 Å². The number of aromatic nitrogens is 3. The lowest BCUT2D eigenvalue weighted by Crippen LogP contribution is -2.29. The van der Waals surface area contributed by atoms with E-state index in [1.807, 2.05) is 23.8 Å². The van der Waals surface area contributed by atoms with Crippen molar-refractivity contribution in [1.29, 1.82) is 0 Å². The van der Waals surface area contributed by atoms with Gasteiger partial charge in [0.15, 0.2) is 23.1 Å². The van der Waals surface area contributed by atoms with Crippen LogP contribution in [0.5, 0.6) is 11.5 Å². The molecule has 1 fully saturated rings. The molecule has 6 rings (SSSR count). The van der Waals surface area contributed by atoms with E-state index in [1.54, 1.807) is 42.9 Å². The number of rotatable bonds is 10. The van der Waals surface area contributed by atoms with Crippen LogP contribution in [-0.4, -0.2) is 26.1 Å². The number of carbonyl (C=O) groups excluding carboxylic acids is 2. The molecule has 1 saturated carbocycles. The Labute approximate surface area is 233 Å². The predicted octanol–water partition coefficient (Wildman–Crippen LogP) is 6.95. The van der Waals surface area contributed by atoms with E-state index in [2.05, 4.69) is 9.97 Å². The summed E-state index contributed by atoms with van der Waals surface area (Å²) in [5.74, 6) is -1.15. The second-order valence-corrected chi connectivity index (χ2v) is 11.0. The molecule has 0 amide bonds. The van der Waals surface area contributed by atoms with Crippen molar-refractivity contribution < 1.29 is 23.1 Å². The minimum atomic E-state index is -1.11. The second-order valence-electron chi connectivity index (χ2n) is 9.96. The number of hydrogen-bond acceptors (Lipinski definition) is 6. The summed E-state index contributed by atoms with van der Waals surface area (Å²) in [6.07, 6.45) is 5.99. The van der Waals surface area contributed by atoms with Crippen molar-refractivity contribution in [2.24, 2.45) is 5.41 Å². The minimum Gasteiger partial charge on any atom is -0.453 e. The Morgan fingerprint density at radius 2 is 1.77 bits per heavy atom. The molecule has 0 bridgehead atoms. The summed E-state index contributed by atoms with van der Waals surface area (Å²) in [4.78, 5) is 35.8. The average molecular weight is 558 g/mol. The van der Waals surface area contributed by atoms with E-state index in [0.717, 1.165) is 27.3 Å². The van der Waals surface area contributed by atoms with E-state index in [1.165, 1.54) is 29.5 Å². The fraction of sp³-hybridized carbons (Fsp3) is 0.226. The van der Waals surface area contributed by atoms with Crippen LogP contribution in [0.2, 0.25) is 0 Å². The zero-order chi connectivity index (χ0) is 27.9. The Kier molecular flexibility index (Phi) is 6.75. The largest absolute Gasteiger partial charge is 0.453 e. The van der Waals surface area contributed by atoms with Gasteiger partial charge in [-0.25, -0.2) is 13.8 Å². The molecule has 5 aromatic rings. The summed E-state index contributed by atoms with van der Waals surface area (Å²) in [6.45, 7) is 2.85. The summed E-state index contributed by atoms with van der Waals surface area (Å²) in [6, 6.07) is 14.1. The van der Waals surface area contributed by atoms with E-state index >= 15 is 4.39 Å². The molecule has 6 nitrogen and oxygen atoms in total. The quantitative estimate of drug-likeness (QED) is 0.174. The topological polar surface area (TPSA) is 74.1 Å². The van der Waals surface area contributed by atoms with Crippen LogP contribution in [0.1, 0.15) is 30.9 Å². The van der Waals surface area contributed by atoms with Crippen LogP contribution in [0, 0.1) is 17.0 Å². The molecule has 0 N–H and O–H groups in total. The number of Topliss-reactive ketones (excluding diaryl/α,β-unsaturated/α-hetero) is 2. The van der Waals surface area contributed by atoms with Gasteiger partial charge >= 0.3 is 0 Å². The summed E-state index contributed by atoms with van der Waals surface area (Å²) in [7, 11) is 0. The summed E-state index contributed by atoms with van der Waals surface area (Å²) in [5, 5.41) is 0. The molecular weight excluding hydrogens is 532 g/mol. The van der Waals surface area contributed by atoms with Crippen LogP contribution < -0.4 is 4.74 Å². The number of hydrogen-bond donors (Lipinski definition) is 0. The number of benzene rings is 2. The summed E-state index contributed by atoms with van der Waals surface area (Å²) >= 11 is 1.47. The third-order valence-electron chi connectivity index (χ3n) is 7.33.